The van der Waals surface area contributed by atoms with Crippen LogP contribution in [0.4, 0.5) is 0 Å². The third-order valence-corrected chi connectivity index (χ3v) is 3.86. The Kier molecular flexibility index (Phi) is 2.94. The monoisotopic (exact) mass is 331 g/mol. The van der Waals surface area contributed by atoms with Crippen LogP contribution in [0.3, 0.4) is 0 Å². The van der Waals surface area contributed by atoms with Gasteiger partial charge in [-0.25, -0.2) is 0 Å². The maximum absolute atomic E-state index is 11.5. The van der Waals surface area contributed by atoms with Gasteiger partial charge in [-0.2, -0.15) is 0 Å². The first kappa shape index (κ1) is 12.7. The third-order valence-electron chi connectivity index (χ3n) is 3.20. The number of oxime groups is 1. The maximum Gasteiger partial charge on any atom is 0.250 e. The van der Waals surface area contributed by atoms with Crippen LogP contribution in [0.25, 0.3) is 21.8 Å². The largest absolute Gasteiger partial charge is 0.411 e. The lowest BCUT2D eigenvalue weighted by molar-refractivity contribution is 0.100. The molecule has 3 rings (SSSR count). The molecule has 1 amide bonds. The fourth-order valence-electron chi connectivity index (χ4n) is 2.34. The molecule has 0 radical (unpaired) electrons. The molecule has 2 aromatic carbocycles. The molecular formula is C14H10BrN3O2. The average Bonchev–Trinajstić information content (AvgIpc) is 2.78. The number of primary amides is 1. The molecule has 0 bridgehead atoms. The number of halogens is 1. The first-order valence-electron chi connectivity index (χ1n) is 5.83. The van der Waals surface area contributed by atoms with Gasteiger partial charge in [0.25, 0.3) is 5.91 Å². The molecular weight excluding hydrogens is 322 g/mol. The van der Waals surface area contributed by atoms with E-state index >= 15 is 0 Å². The van der Waals surface area contributed by atoms with E-state index < -0.39 is 5.91 Å². The highest BCUT2D eigenvalue weighted by molar-refractivity contribution is 9.10. The highest BCUT2D eigenvalue weighted by Crippen LogP contribution is 2.33. The minimum atomic E-state index is -0.480. The van der Waals surface area contributed by atoms with E-state index in [1.54, 1.807) is 12.1 Å². The molecule has 4 N–H and O–H groups in total. The number of fused-ring (bicyclic) bond motifs is 3. The van der Waals surface area contributed by atoms with Crippen LogP contribution >= 0.6 is 15.9 Å². The van der Waals surface area contributed by atoms with E-state index in [1.165, 1.54) is 6.21 Å². The second-order valence-electron chi connectivity index (χ2n) is 4.38. The van der Waals surface area contributed by atoms with Gasteiger partial charge in [0.1, 0.15) is 0 Å². The molecule has 0 aliphatic heterocycles. The number of nitrogens with zero attached hydrogens (tertiary/aromatic N) is 1. The molecule has 6 heteroatoms. The Labute approximate surface area is 122 Å². The molecule has 0 saturated carbocycles. The molecule has 0 aliphatic carbocycles. The number of nitrogens with two attached hydrogens (primary N) is 1. The number of nitrogens with one attached hydrogen (secondary N) is 1. The van der Waals surface area contributed by atoms with Gasteiger partial charge < -0.3 is 15.9 Å². The predicted molar refractivity (Wildman–Crippen MR) is 81.4 cm³/mol. The Bertz CT molecular complexity index is 868. The molecule has 100 valence electrons. The fourth-order valence-corrected chi connectivity index (χ4v) is 2.88. The molecule has 5 nitrogen and oxygen atoms in total. The molecule has 0 atom stereocenters. The van der Waals surface area contributed by atoms with E-state index in [1.807, 2.05) is 18.2 Å². The number of H-pyrrole nitrogens is 1. The highest BCUT2D eigenvalue weighted by atomic mass is 79.9. The summed E-state index contributed by atoms with van der Waals surface area (Å²) in [6.07, 6.45) is 1.34. The van der Waals surface area contributed by atoms with E-state index in [-0.39, 0.29) is 0 Å². The summed E-state index contributed by atoms with van der Waals surface area (Å²) in [5.41, 5.74) is 8.13. The Morgan fingerprint density at radius 2 is 2.15 bits per heavy atom. The lowest BCUT2D eigenvalue weighted by Crippen LogP contribution is -2.11. The number of carbonyl (C=O) groups excluding carboxylic acids is 1. The number of benzene rings is 2. The molecule has 20 heavy (non-hydrogen) atoms. The molecule has 0 saturated heterocycles. The summed E-state index contributed by atoms with van der Waals surface area (Å²) in [5.74, 6) is -0.480. The van der Waals surface area contributed by atoms with Crippen LogP contribution < -0.4 is 5.73 Å². The van der Waals surface area contributed by atoms with Crippen LogP contribution in [-0.4, -0.2) is 22.3 Å². The van der Waals surface area contributed by atoms with Crippen molar-refractivity contribution in [3.05, 3.63) is 45.9 Å². The molecule has 0 fully saturated rings. The molecule has 1 aromatic heterocycles. The van der Waals surface area contributed by atoms with E-state index in [2.05, 4.69) is 26.1 Å². The molecule has 3 aromatic rings. The van der Waals surface area contributed by atoms with Crippen molar-refractivity contribution >= 4 is 49.9 Å². The zero-order valence-corrected chi connectivity index (χ0v) is 11.8. The van der Waals surface area contributed by atoms with Crippen molar-refractivity contribution in [2.24, 2.45) is 10.9 Å². The Balaban J connectivity index is 2.43. The number of carbonyl (C=O) groups is 1. The number of amides is 1. The van der Waals surface area contributed by atoms with Gasteiger partial charge in [-0.05, 0) is 23.8 Å². The number of hydrogen-bond donors (Lipinski definition) is 3. The summed E-state index contributed by atoms with van der Waals surface area (Å²) in [6, 6.07) is 9.06. The Hall–Kier alpha value is -2.34. The van der Waals surface area contributed by atoms with Crippen molar-refractivity contribution in [3.63, 3.8) is 0 Å². The van der Waals surface area contributed by atoms with Crippen LogP contribution in [0.15, 0.2) is 40.0 Å². The average molecular weight is 332 g/mol. The Morgan fingerprint density at radius 3 is 2.85 bits per heavy atom. The van der Waals surface area contributed by atoms with Crippen molar-refractivity contribution in [2.75, 3.05) is 0 Å². The zero-order chi connectivity index (χ0) is 14.3. The lowest BCUT2D eigenvalue weighted by atomic mass is 10.1. The van der Waals surface area contributed by atoms with Crippen molar-refractivity contribution in [2.45, 2.75) is 0 Å². The van der Waals surface area contributed by atoms with Crippen molar-refractivity contribution < 1.29 is 10.0 Å². The number of hydrogen-bond acceptors (Lipinski definition) is 3. The van der Waals surface area contributed by atoms with Crippen molar-refractivity contribution in [1.29, 1.82) is 0 Å². The molecule has 0 unspecified atom stereocenters. The first-order chi connectivity index (χ1) is 9.61. The van der Waals surface area contributed by atoms with Crippen molar-refractivity contribution in [3.8, 4) is 0 Å². The van der Waals surface area contributed by atoms with Gasteiger partial charge in [-0.3, -0.25) is 4.79 Å². The number of aromatic nitrogens is 1. The topological polar surface area (TPSA) is 91.5 Å². The van der Waals surface area contributed by atoms with Gasteiger partial charge in [0, 0.05) is 20.8 Å². The summed E-state index contributed by atoms with van der Waals surface area (Å²) in [7, 11) is 0. The van der Waals surface area contributed by atoms with E-state index in [0.717, 1.165) is 26.3 Å². The number of aromatic amines is 1. The minimum absolute atomic E-state index is 0.441. The quantitative estimate of drug-likeness (QED) is 0.382. The number of rotatable bonds is 2. The van der Waals surface area contributed by atoms with Gasteiger partial charge in [-0.15, -0.1) is 0 Å². The second-order valence-corrected chi connectivity index (χ2v) is 5.24. The van der Waals surface area contributed by atoms with Crippen LogP contribution in [0.2, 0.25) is 0 Å². The van der Waals surface area contributed by atoms with Crippen molar-refractivity contribution in [1.82, 2.24) is 4.98 Å². The standard InChI is InChI=1S/C14H10BrN3O2/c15-10-4-3-9(14(16)19)13-12(10)8-2-1-7(6-17-20)5-11(8)18-13/h1-6,18,20H,(H2,16,19)/b17-6-. The zero-order valence-electron chi connectivity index (χ0n) is 10.2. The van der Waals surface area contributed by atoms with Crippen LogP contribution in [-0.2, 0) is 0 Å². The SMILES string of the molecule is NC(=O)c1ccc(Br)c2c1[nH]c1cc(/C=N\O)ccc12. The fraction of sp³-hybridized carbons (Fsp3) is 0. The van der Waals surface area contributed by atoms with E-state index in [9.17, 15) is 4.79 Å². The lowest BCUT2D eigenvalue weighted by Gasteiger charge is -2.00. The normalized spacial score (nSPS) is 11.7. The van der Waals surface area contributed by atoms with Gasteiger partial charge in [-0.1, -0.05) is 33.2 Å². The molecule has 0 aliphatic rings. The minimum Gasteiger partial charge on any atom is -0.411 e. The summed E-state index contributed by atoms with van der Waals surface area (Å²) in [4.78, 5) is 14.7. The van der Waals surface area contributed by atoms with Crippen LogP contribution in [0.5, 0.6) is 0 Å². The molecule has 0 spiro atoms. The van der Waals surface area contributed by atoms with E-state index in [4.69, 9.17) is 10.9 Å². The van der Waals surface area contributed by atoms with E-state index in [0.29, 0.717) is 11.1 Å². The summed E-state index contributed by atoms with van der Waals surface area (Å²) < 4.78 is 0.882. The second kappa shape index (κ2) is 4.64. The predicted octanol–water partition coefficient (Wildman–Crippen LogP) is 2.99. The summed E-state index contributed by atoms with van der Waals surface area (Å²) in [6.45, 7) is 0. The Morgan fingerprint density at radius 1 is 1.35 bits per heavy atom. The molecule has 1 heterocycles. The summed E-state index contributed by atoms with van der Waals surface area (Å²) in [5, 5.41) is 13.5. The van der Waals surface area contributed by atoms with Crippen LogP contribution in [0.1, 0.15) is 15.9 Å². The smallest absolute Gasteiger partial charge is 0.250 e. The first-order valence-corrected chi connectivity index (χ1v) is 6.62. The van der Waals surface area contributed by atoms with Gasteiger partial charge in [0.15, 0.2) is 0 Å². The third kappa shape index (κ3) is 1.85. The van der Waals surface area contributed by atoms with Gasteiger partial charge >= 0.3 is 0 Å². The summed E-state index contributed by atoms with van der Waals surface area (Å²) >= 11 is 3.49. The highest BCUT2D eigenvalue weighted by Gasteiger charge is 2.14. The van der Waals surface area contributed by atoms with Gasteiger partial charge in [0.2, 0.25) is 0 Å². The van der Waals surface area contributed by atoms with Gasteiger partial charge in [0.05, 0.1) is 17.3 Å². The maximum atomic E-state index is 11.5. The van der Waals surface area contributed by atoms with Crippen LogP contribution in [0, 0.1) is 0 Å².